The van der Waals surface area contributed by atoms with Crippen molar-refractivity contribution in [1.29, 1.82) is 0 Å². The van der Waals surface area contributed by atoms with Crippen LogP contribution in [0.5, 0.6) is 0 Å². The molecule has 2 atom stereocenters. The first-order chi connectivity index (χ1) is 14.2. The summed E-state index contributed by atoms with van der Waals surface area (Å²) in [4.78, 5) is 32.1. The second-order valence-corrected chi connectivity index (χ2v) is 7.10. The van der Waals surface area contributed by atoms with Gasteiger partial charge in [0.15, 0.2) is 23.3 Å². The van der Waals surface area contributed by atoms with Crippen LogP contribution in [0, 0.1) is 23.4 Å². The number of halogens is 3. The molecule has 0 aliphatic carbocycles. The molecule has 7 nitrogen and oxygen atoms in total. The molecule has 30 heavy (non-hydrogen) atoms. The molecule has 0 amide bonds. The Bertz CT molecular complexity index is 811. The van der Waals surface area contributed by atoms with Crippen molar-refractivity contribution in [3.63, 3.8) is 0 Å². The Labute approximate surface area is 173 Å². The predicted molar refractivity (Wildman–Crippen MR) is 106 cm³/mol. The molecule has 1 aromatic rings. The Hall–Kier alpha value is -2.46. The summed E-state index contributed by atoms with van der Waals surface area (Å²) >= 11 is 0. The summed E-state index contributed by atoms with van der Waals surface area (Å²) in [5.74, 6) is -8.01. The highest BCUT2D eigenvalue weighted by molar-refractivity contribution is 6.18. The number of carbonyl (C=O) groups is 2. The zero-order valence-corrected chi connectivity index (χ0v) is 17.2. The van der Waals surface area contributed by atoms with E-state index in [1.165, 1.54) is 18.7 Å². The summed E-state index contributed by atoms with van der Waals surface area (Å²) in [6.07, 6.45) is 0.908. The van der Waals surface area contributed by atoms with Gasteiger partial charge < -0.3 is 19.6 Å². The number of hydrogen-bond donors (Lipinski definition) is 1. The first-order valence-corrected chi connectivity index (χ1v) is 9.67. The Morgan fingerprint density at radius 3 is 2.43 bits per heavy atom. The molecule has 1 aromatic carbocycles. The number of carbonyl (C=O) groups excluding carboxylic acids is 2. The van der Waals surface area contributed by atoms with E-state index in [2.05, 4.69) is 4.99 Å². The molecule has 1 aliphatic rings. The lowest BCUT2D eigenvalue weighted by Crippen LogP contribution is -2.45. The van der Waals surface area contributed by atoms with E-state index in [4.69, 9.17) is 9.84 Å². The molecule has 2 rings (SSSR count). The Morgan fingerprint density at radius 1 is 1.23 bits per heavy atom. The van der Waals surface area contributed by atoms with Crippen LogP contribution in [0.15, 0.2) is 11.1 Å². The number of piperazine rings is 1. The number of nitrogens with zero attached hydrogens (tertiary/aromatic N) is 3. The number of rotatable bonds is 8. The van der Waals surface area contributed by atoms with Gasteiger partial charge in [0.2, 0.25) is 0 Å². The van der Waals surface area contributed by atoms with Gasteiger partial charge in [-0.1, -0.05) is 0 Å². The maximum Gasteiger partial charge on any atom is 0.322 e. The summed E-state index contributed by atoms with van der Waals surface area (Å²) in [6, 6.07) is -0.0307. The minimum atomic E-state index is -1.69. The van der Waals surface area contributed by atoms with Gasteiger partial charge in [0.1, 0.15) is 11.5 Å². The molecule has 0 aromatic heterocycles. The Balaban J connectivity index is 2.41. The van der Waals surface area contributed by atoms with E-state index in [1.54, 1.807) is 0 Å². The van der Waals surface area contributed by atoms with Gasteiger partial charge in [-0.15, -0.1) is 0 Å². The molecular weight excluding hydrogens is 403 g/mol. The molecule has 0 bridgehead atoms. The first-order valence-electron chi connectivity index (χ1n) is 9.67. The monoisotopic (exact) mass is 429 g/mol. The Kier molecular flexibility index (Phi) is 8.36. The van der Waals surface area contributed by atoms with Crippen LogP contribution in [0.25, 0.3) is 0 Å². The predicted octanol–water partition coefficient (Wildman–Crippen LogP) is 1.67. The molecule has 2 unspecified atom stereocenters. The topological polar surface area (TPSA) is 82.4 Å². The molecule has 1 heterocycles. The number of aliphatic hydroxyl groups excluding tert-OH is 1. The largest absolute Gasteiger partial charge is 0.465 e. The van der Waals surface area contributed by atoms with E-state index in [-0.39, 0.29) is 13.2 Å². The highest BCUT2D eigenvalue weighted by atomic mass is 19.2. The van der Waals surface area contributed by atoms with Crippen LogP contribution in [-0.2, 0) is 9.53 Å². The lowest BCUT2D eigenvalue weighted by Gasteiger charge is -2.34. The molecule has 10 heteroatoms. The van der Waals surface area contributed by atoms with Crippen molar-refractivity contribution >= 4 is 23.7 Å². The smallest absolute Gasteiger partial charge is 0.322 e. The number of benzene rings is 1. The van der Waals surface area contributed by atoms with Crippen molar-refractivity contribution in [2.24, 2.45) is 10.9 Å². The summed E-state index contributed by atoms with van der Waals surface area (Å²) in [7, 11) is 1.86. The highest BCUT2D eigenvalue weighted by Gasteiger charge is 2.33. The maximum atomic E-state index is 14.8. The van der Waals surface area contributed by atoms with E-state index in [9.17, 15) is 22.8 Å². The molecule has 1 N–H and O–H groups in total. The van der Waals surface area contributed by atoms with Gasteiger partial charge in [-0.3, -0.25) is 14.6 Å². The molecule has 1 saturated heterocycles. The fourth-order valence-electron chi connectivity index (χ4n) is 3.00. The third-order valence-corrected chi connectivity index (χ3v) is 4.80. The van der Waals surface area contributed by atoms with Crippen molar-refractivity contribution in [3.05, 3.63) is 29.1 Å². The molecule has 1 aliphatic heterocycles. The van der Waals surface area contributed by atoms with E-state index in [0.29, 0.717) is 32.2 Å². The molecule has 166 valence electrons. The average Bonchev–Trinajstić information content (AvgIpc) is 2.72. The lowest BCUT2D eigenvalue weighted by atomic mass is 9.97. The zero-order valence-electron chi connectivity index (χ0n) is 17.2. The van der Waals surface area contributed by atoms with Crippen LogP contribution < -0.4 is 4.90 Å². The quantitative estimate of drug-likeness (QED) is 0.223. The molecule has 0 radical (unpaired) electrons. The van der Waals surface area contributed by atoms with Gasteiger partial charge in [-0.25, -0.2) is 13.2 Å². The third-order valence-electron chi connectivity index (χ3n) is 4.80. The number of likely N-dealkylation sites (N-methyl/N-ethyl adjacent to an activating group) is 1. The Morgan fingerprint density at radius 2 is 1.87 bits per heavy atom. The van der Waals surface area contributed by atoms with E-state index in [0.717, 1.165) is 6.21 Å². The number of Topliss-reactive ketones (excluding diaryl/α,β-unsaturated/α-hetero) is 1. The fourth-order valence-corrected chi connectivity index (χ4v) is 3.00. The number of aliphatic imine (C=N–C) groups is 1. The van der Waals surface area contributed by atoms with Crippen molar-refractivity contribution < 1.29 is 32.6 Å². The van der Waals surface area contributed by atoms with Crippen LogP contribution in [0.4, 0.5) is 18.9 Å². The van der Waals surface area contributed by atoms with Crippen LogP contribution in [-0.4, -0.2) is 80.5 Å². The average molecular weight is 429 g/mol. The summed E-state index contributed by atoms with van der Waals surface area (Å²) in [5, 5.41) is 9.05. The van der Waals surface area contributed by atoms with Crippen LogP contribution >= 0.6 is 0 Å². The molecule has 0 spiro atoms. The van der Waals surface area contributed by atoms with Crippen molar-refractivity contribution in [1.82, 2.24) is 4.90 Å². The second kappa shape index (κ2) is 10.5. The van der Waals surface area contributed by atoms with Gasteiger partial charge in [0, 0.05) is 32.4 Å². The van der Waals surface area contributed by atoms with Gasteiger partial charge in [0.25, 0.3) is 0 Å². The van der Waals surface area contributed by atoms with Gasteiger partial charge in [0.05, 0.1) is 24.8 Å². The second-order valence-electron chi connectivity index (χ2n) is 7.10. The first kappa shape index (κ1) is 23.8. The summed E-state index contributed by atoms with van der Waals surface area (Å²) < 4.78 is 49.0. The van der Waals surface area contributed by atoms with Crippen molar-refractivity contribution in [3.8, 4) is 0 Å². The van der Waals surface area contributed by atoms with Crippen molar-refractivity contribution in [2.75, 3.05) is 51.3 Å². The normalized spacial score (nSPS) is 17.2. The molecule has 1 fully saturated rings. The number of aliphatic hydroxyl groups is 1. The zero-order chi connectivity index (χ0) is 22.4. The number of ketones is 1. The van der Waals surface area contributed by atoms with Crippen LogP contribution in [0.1, 0.15) is 24.2 Å². The number of ether oxygens (including phenoxy) is 1. The number of esters is 1. The summed E-state index contributed by atoms with van der Waals surface area (Å²) in [5.41, 5.74) is -1.43. The van der Waals surface area contributed by atoms with Crippen LogP contribution in [0.2, 0.25) is 0 Å². The molecular formula is C20H26F3N3O4. The maximum absolute atomic E-state index is 14.8. The highest BCUT2D eigenvalue weighted by Crippen LogP contribution is 2.30. The van der Waals surface area contributed by atoms with E-state index in [1.807, 2.05) is 11.9 Å². The van der Waals surface area contributed by atoms with Gasteiger partial charge in [-0.2, -0.15) is 0 Å². The SMILES string of the molecule is CCOC(=O)C(C=NC(C)CO)C(=O)c1cc(F)c(N2CCN(C)CC2)c(F)c1F. The van der Waals surface area contributed by atoms with Gasteiger partial charge >= 0.3 is 5.97 Å². The number of hydrogen-bond acceptors (Lipinski definition) is 7. The molecule has 0 saturated carbocycles. The van der Waals surface area contributed by atoms with E-state index < -0.39 is 52.4 Å². The van der Waals surface area contributed by atoms with E-state index >= 15 is 0 Å². The summed E-state index contributed by atoms with van der Waals surface area (Å²) in [6.45, 7) is 4.32. The third kappa shape index (κ3) is 5.37. The van der Waals surface area contributed by atoms with Crippen molar-refractivity contribution in [2.45, 2.75) is 19.9 Å². The lowest BCUT2D eigenvalue weighted by molar-refractivity contribution is -0.144. The van der Waals surface area contributed by atoms with Gasteiger partial charge in [-0.05, 0) is 27.0 Å². The fraction of sp³-hybridized carbons (Fsp3) is 0.550. The van der Waals surface area contributed by atoms with Crippen LogP contribution in [0.3, 0.4) is 0 Å². The number of anilines is 1. The standard InChI is InChI=1S/C20H26F3N3O4/c1-4-30-20(29)14(10-24-12(2)11-27)19(28)13-9-15(21)18(17(23)16(13)22)26-7-5-25(3)6-8-26/h9-10,12,14,27H,4-8,11H2,1-3H3. The minimum absolute atomic E-state index is 0.0560. The minimum Gasteiger partial charge on any atom is -0.465 e.